The lowest BCUT2D eigenvalue weighted by molar-refractivity contribution is 0.0378. The smallest absolute Gasteiger partial charge is 0.342 e. The van der Waals surface area contributed by atoms with Crippen LogP contribution in [0, 0.1) is 0 Å². The number of ether oxygens (including phenoxy) is 2. The normalized spacial score (nSPS) is 15.6. The largest absolute Gasteiger partial charge is 0.489 e. The number of benzene rings is 2. The van der Waals surface area contributed by atoms with Gasteiger partial charge in [-0.2, -0.15) is 0 Å². The third-order valence-electron chi connectivity index (χ3n) is 6.32. The molecule has 0 radical (unpaired) electrons. The zero-order valence-corrected chi connectivity index (χ0v) is 20.9. The summed E-state index contributed by atoms with van der Waals surface area (Å²) in [5.74, 6) is 1.32. The lowest BCUT2D eigenvalue weighted by Gasteiger charge is -2.29. The van der Waals surface area contributed by atoms with E-state index < -0.39 is 0 Å². The van der Waals surface area contributed by atoms with Gasteiger partial charge >= 0.3 is 5.97 Å². The summed E-state index contributed by atoms with van der Waals surface area (Å²) < 4.78 is 11.6. The second kappa shape index (κ2) is 11.8. The van der Waals surface area contributed by atoms with Gasteiger partial charge < -0.3 is 14.4 Å². The number of carbonyl (C=O) groups is 1. The third-order valence-corrected chi connectivity index (χ3v) is 6.32. The monoisotopic (exact) mass is 473 g/mol. The lowest BCUT2D eigenvalue weighted by atomic mass is 10.1. The standard InChI is InChI=1S/C29H35N3O3/c1-4-31(19-24-13-8-9-15-27(24)34-21-23-11-6-5-7-12-23)25-16-18-32(20-25)28-26(14-10-17-30-28)29(33)35-22(2)3/h5-15,17,22,25H,4,16,18-21H2,1-3H3/t25-/m1/s1. The van der Waals surface area contributed by atoms with Crippen LogP contribution in [0.4, 0.5) is 5.82 Å². The number of carbonyl (C=O) groups excluding carboxylic acids is 1. The number of hydrogen-bond acceptors (Lipinski definition) is 6. The molecule has 1 fully saturated rings. The summed E-state index contributed by atoms with van der Waals surface area (Å²) in [6, 6.07) is 22.5. The number of esters is 1. The van der Waals surface area contributed by atoms with Crippen LogP contribution in [-0.4, -0.2) is 47.6 Å². The van der Waals surface area contributed by atoms with Gasteiger partial charge in [-0.15, -0.1) is 0 Å². The van der Waals surface area contributed by atoms with Crippen LogP contribution in [0.25, 0.3) is 0 Å². The highest BCUT2D eigenvalue weighted by molar-refractivity contribution is 5.94. The average Bonchev–Trinajstić information content (AvgIpc) is 3.37. The van der Waals surface area contributed by atoms with Gasteiger partial charge in [-0.3, -0.25) is 4.90 Å². The Morgan fingerprint density at radius 1 is 1.09 bits per heavy atom. The number of para-hydroxylation sites is 1. The second-order valence-electron chi connectivity index (χ2n) is 9.16. The van der Waals surface area contributed by atoms with E-state index in [0.29, 0.717) is 24.0 Å². The zero-order valence-electron chi connectivity index (χ0n) is 20.9. The van der Waals surface area contributed by atoms with Gasteiger partial charge in [0, 0.05) is 37.4 Å². The van der Waals surface area contributed by atoms with Crippen LogP contribution in [0.15, 0.2) is 72.9 Å². The maximum absolute atomic E-state index is 12.6. The van der Waals surface area contributed by atoms with Crippen molar-refractivity contribution in [3.63, 3.8) is 0 Å². The van der Waals surface area contributed by atoms with Crippen molar-refractivity contribution < 1.29 is 14.3 Å². The summed E-state index contributed by atoms with van der Waals surface area (Å²) in [5.41, 5.74) is 2.87. The molecule has 1 atom stereocenters. The fraction of sp³-hybridized carbons (Fsp3) is 0.379. The van der Waals surface area contributed by atoms with Crippen LogP contribution in [0.2, 0.25) is 0 Å². The maximum atomic E-state index is 12.6. The summed E-state index contributed by atoms with van der Waals surface area (Å²) in [7, 11) is 0. The van der Waals surface area contributed by atoms with E-state index in [1.54, 1.807) is 18.3 Å². The summed E-state index contributed by atoms with van der Waals surface area (Å²) in [5, 5.41) is 0. The van der Waals surface area contributed by atoms with E-state index in [9.17, 15) is 4.79 Å². The molecule has 0 spiro atoms. The number of likely N-dealkylation sites (N-methyl/N-ethyl adjacent to an activating group) is 1. The first kappa shape index (κ1) is 24.7. The molecule has 4 rings (SSSR count). The van der Waals surface area contributed by atoms with E-state index >= 15 is 0 Å². The maximum Gasteiger partial charge on any atom is 0.342 e. The van der Waals surface area contributed by atoms with Crippen molar-refractivity contribution in [2.24, 2.45) is 0 Å². The Morgan fingerprint density at radius 2 is 1.86 bits per heavy atom. The summed E-state index contributed by atoms with van der Waals surface area (Å²) in [4.78, 5) is 21.9. The number of anilines is 1. The molecule has 0 saturated carbocycles. The molecule has 3 aromatic rings. The van der Waals surface area contributed by atoms with E-state index in [2.05, 4.69) is 46.0 Å². The number of aromatic nitrogens is 1. The molecular weight excluding hydrogens is 438 g/mol. The Hall–Kier alpha value is -3.38. The SMILES string of the molecule is CCN(Cc1ccccc1OCc1ccccc1)[C@@H]1CCN(c2ncccc2C(=O)OC(C)C)C1. The van der Waals surface area contributed by atoms with Crippen molar-refractivity contribution in [2.45, 2.75) is 52.5 Å². The van der Waals surface area contributed by atoms with Crippen molar-refractivity contribution in [1.82, 2.24) is 9.88 Å². The van der Waals surface area contributed by atoms with Crippen molar-refractivity contribution in [3.8, 4) is 5.75 Å². The van der Waals surface area contributed by atoms with E-state index in [-0.39, 0.29) is 12.1 Å². The van der Waals surface area contributed by atoms with Gasteiger partial charge in [0.05, 0.1) is 6.10 Å². The predicted octanol–water partition coefficient (Wildman–Crippen LogP) is 5.33. The van der Waals surface area contributed by atoms with E-state index in [0.717, 1.165) is 43.9 Å². The Balaban J connectivity index is 1.43. The highest BCUT2D eigenvalue weighted by Gasteiger charge is 2.30. The van der Waals surface area contributed by atoms with Crippen molar-refractivity contribution in [3.05, 3.63) is 89.6 Å². The van der Waals surface area contributed by atoms with Crippen LogP contribution < -0.4 is 9.64 Å². The first-order valence-corrected chi connectivity index (χ1v) is 12.4. The average molecular weight is 474 g/mol. The molecule has 1 saturated heterocycles. The summed E-state index contributed by atoms with van der Waals surface area (Å²) >= 11 is 0. The Bertz CT molecular complexity index is 1100. The molecule has 1 aliphatic heterocycles. The molecule has 1 aliphatic rings. The first-order chi connectivity index (χ1) is 17.0. The van der Waals surface area contributed by atoms with Gasteiger partial charge in [0.1, 0.15) is 23.7 Å². The van der Waals surface area contributed by atoms with Gasteiger partial charge in [-0.25, -0.2) is 9.78 Å². The van der Waals surface area contributed by atoms with Crippen LogP contribution in [0.1, 0.15) is 48.7 Å². The molecule has 2 aromatic carbocycles. The number of hydrogen-bond donors (Lipinski definition) is 0. The van der Waals surface area contributed by atoms with Gasteiger partial charge in [0.25, 0.3) is 0 Å². The van der Waals surface area contributed by atoms with Crippen molar-refractivity contribution in [2.75, 3.05) is 24.5 Å². The lowest BCUT2D eigenvalue weighted by Crippen LogP contribution is -2.37. The molecule has 0 bridgehead atoms. The zero-order chi connectivity index (χ0) is 24.6. The fourth-order valence-electron chi connectivity index (χ4n) is 4.55. The Morgan fingerprint density at radius 3 is 2.63 bits per heavy atom. The topological polar surface area (TPSA) is 54.9 Å². The van der Waals surface area contributed by atoms with E-state index in [4.69, 9.17) is 9.47 Å². The first-order valence-electron chi connectivity index (χ1n) is 12.4. The van der Waals surface area contributed by atoms with E-state index in [1.807, 2.05) is 44.2 Å². The molecule has 184 valence electrons. The molecule has 2 heterocycles. The van der Waals surface area contributed by atoms with E-state index in [1.165, 1.54) is 5.56 Å². The Kier molecular flexibility index (Phi) is 8.37. The molecule has 35 heavy (non-hydrogen) atoms. The van der Waals surface area contributed by atoms with Crippen LogP contribution in [0.3, 0.4) is 0 Å². The summed E-state index contributed by atoms with van der Waals surface area (Å²) in [6.07, 6.45) is 2.59. The number of nitrogens with zero attached hydrogens (tertiary/aromatic N) is 3. The number of pyridine rings is 1. The summed E-state index contributed by atoms with van der Waals surface area (Å²) in [6.45, 7) is 9.88. The van der Waals surface area contributed by atoms with Gasteiger partial charge in [-0.1, -0.05) is 55.5 Å². The molecular formula is C29H35N3O3. The minimum absolute atomic E-state index is 0.165. The van der Waals surface area contributed by atoms with Gasteiger partial charge in [-0.05, 0) is 50.6 Å². The Labute approximate surface area is 208 Å². The van der Waals surface area contributed by atoms with Gasteiger partial charge in [0.2, 0.25) is 0 Å². The highest BCUT2D eigenvalue weighted by Crippen LogP contribution is 2.28. The van der Waals surface area contributed by atoms with Crippen LogP contribution >= 0.6 is 0 Å². The predicted molar refractivity (Wildman–Crippen MR) is 139 cm³/mol. The minimum atomic E-state index is -0.316. The van der Waals surface area contributed by atoms with Gasteiger partial charge in [0.15, 0.2) is 0 Å². The molecule has 0 amide bonds. The number of rotatable bonds is 10. The molecule has 0 N–H and O–H groups in total. The molecule has 0 aliphatic carbocycles. The third kappa shape index (κ3) is 6.40. The highest BCUT2D eigenvalue weighted by atomic mass is 16.5. The minimum Gasteiger partial charge on any atom is -0.489 e. The van der Waals surface area contributed by atoms with Crippen molar-refractivity contribution >= 4 is 11.8 Å². The molecule has 1 aromatic heterocycles. The van der Waals surface area contributed by atoms with Crippen LogP contribution in [-0.2, 0) is 17.9 Å². The fourth-order valence-corrected chi connectivity index (χ4v) is 4.55. The van der Waals surface area contributed by atoms with Crippen molar-refractivity contribution in [1.29, 1.82) is 0 Å². The van der Waals surface area contributed by atoms with Crippen LogP contribution in [0.5, 0.6) is 5.75 Å². The second-order valence-corrected chi connectivity index (χ2v) is 9.16. The molecule has 0 unspecified atom stereocenters. The molecule has 6 nitrogen and oxygen atoms in total. The quantitative estimate of drug-likeness (QED) is 0.371. The molecule has 6 heteroatoms.